The van der Waals surface area contributed by atoms with Crippen LogP contribution in [0, 0.1) is 5.92 Å². The number of hydrogen-bond donors (Lipinski definition) is 2. The molecule has 0 aromatic heterocycles. The van der Waals surface area contributed by atoms with Crippen LogP contribution in [0.3, 0.4) is 0 Å². The van der Waals surface area contributed by atoms with E-state index >= 15 is 0 Å². The molecule has 1 aliphatic rings. The van der Waals surface area contributed by atoms with Gasteiger partial charge in [-0.3, -0.25) is 4.79 Å². The molecule has 20 heavy (non-hydrogen) atoms. The molecule has 3 N–H and O–H groups in total. The van der Waals surface area contributed by atoms with E-state index in [0.29, 0.717) is 12.3 Å². The highest BCUT2D eigenvalue weighted by molar-refractivity contribution is 7.89. The number of nitrogens with one attached hydrogen (secondary N) is 1. The number of sulfonamides is 1. The fourth-order valence-electron chi connectivity index (χ4n) is 2.29. The van der Waals surface area contributed by atoms with E-state index in [1.54, 1.807) is 12.1 Å². The van der Waals surface area contributed by atoms with E-state index in [1.165, 1.54) is 18.6 Å². The zero-order chi connectivity index (χ0) is 14.8. The van der Waals surface area contributed by atoms with Crippen LogP contribution in [0.5, 0.6) is 0 Å². The summed E-state index contributed by atoms with van der Waals surface area (Å²) in [6, 6.07) is 6.12. The van der Waals surface area contributed by atoms with Crippen LogP contribution >= 0.6 is 0 Å². The molecular weight excluding hydrogens is 276 g/mol. The molecule has 0 radical (unpaired) electrons. The number of hydrogen-bond acceptors (Lipinski definition) is 3. The summed E-state index contributed by atoms with van der Waals surface area (Å²) in [7, 11) is -3.67. The van der Waals surface area contributed by atoms with E-state index in [1.807, 2.05) is 6.92 Å². The molecule has 0 bridgehead atoms. The average Bonchev–Trinajstić information content (AvgIpc) is 2.33. The monoisotopic (exact) mass is 296 g/mol. The molecule has 1 saturated carbocycles. The Morgan fingerprint density at radius 2 is 1.95 bits per heavy atom. The van der Waals surface area contributed by atoms with Gasteiger partial charge in [-0.25, -0.2) is 13.6 Å². The number of amides is 1. The zero-order valence-corrected chi connectivity index (χ0v) is 12.3. The lowest BCUT2D eigenvalue weighted by molar-refractivity contribution is -0.123. The van der Waals surface area contributed by atoms with Crippen LogP contribution in [-0.4, -0.2) is 14.3 Å². The number of primary sulfonamides is 1. The third kappa shape index (κ3) is 3.80. The number of rotatable bonds is 5. The Morgan fingerprint density at radius 3 is 2.40 bits per heavy atom. The summed E-state index contributed by atoms with van der Waals surface area (Å²) in [6.07, 6.45) is 4.10. The van der Waals surface area contributed by atoms with Gasteiger partial charge in [-0.2, -0.15) is 0 Å². The summed E-state index contributed by atoms with van der Waals surface area (Å²) >= 11 is 0. The summed E-state index contributed by atoms with van der Waals surface area (Å²) in [6.45, 7) is 1.88. The van der Waals surface area contributed by atoms with Crippen molar-refractivity contribution >= 4 is 15.9 Å². The van der Waals surface area contributed by atoms with Crippen LogP contribution in [-0.2, 0) is 14.8 Å². The summed E-state index contributed by atoms with van der Waals surface area (Å²) in [5.74, 6) is 0.588. The minimum atomic E-state index is -3.67. The molecule has 0 heterocycles. The topological polar surface area (TPSA) is 89.3 Å². The fraction of sp³-hybridized carbons (Fsp3) is 0.500. The third-order valence-electron chi connectivity index (χ3n) is 3.78. The van der Waals surface area contributed by atoms with Crippen LogP contribution in [0.1, 0.15) is 44.2 Å². The molecule has 1 aliphatic carbocycles. The Morgan fingerprint density at radius 1 is 1.35 bits per heavy atom. The number of carbonyl (C=O) groups is 1. The van der Waals surface area contributed by atoms with Gasteiger partial charge >= 0.3 is 0 Å². The van der Waals surface area contributed by atoms with Crippen molar-refractivity contribution in [3.8, 4) is 0 Å². The molecular formula is C14H20N2O3S. The maximum Gasteiger partial charge on any atom is 0.238 e. The smallest absolute Gasteiger partial charge is 0.238 e. The lowest BCUT2D eigenvalue weighted by Gasteiger charge is -2.25. The molecule has 6 heteroatoms. The molecule has 0 saturated heterocycles. The van der Waals surface area contributed by atoms with Crippen LogP contribution < -0.4 is 10.5 Å². The Hall–Kier alpha value is -1.40. The van der Waals surface area contributed by atoms with Gasteiger partial charge in [-0.15, -0.1) is 0 Å². The van der Waals surface area contributed by atoms with Gasteiger partial charge in [-0.05, 0) is 43.4 Å². The number of carbonyl (C=O) groups excluding carboxylic acids is 1. The third-order valence-corrected chi connectivity index (χ3v) is 4.71. The molecule has 110 valence electrons. The van der Waals surface area contributed by atoms with Crippen LogP contribution in [0.15, 0.2) is 29.2 Å². The Bertz CT molecular complexity index is 577. The first-order chi connectivity index (χ1) is 9.36. The Balaban J connectivity index is 1.94. The lowest BCUT2D eigenvalue weighted by atomic mass is 9.83. The van der Waals surface area contributed by atoms with Gasteiger partial charge in [0.05, 0.1) is 10.9 Å². The summed E-state index contributed by atoms with van der Waals surface area (Å²) in [5.41, 5.74) is 0.861. The molecule has 1 aromatic rings. The minimum absolute atomic E-state index is 0.0534. The molecule has 0 aliphatic heterocycles. The first kappa shape index (κ1) is 15.0. The molecule has 1 unspecified atom stereocenters. The minimum Gasteiger partial charge on any atom is -0.350 e. The highest BCUT2D eigenvalue weighted by atomic mass is 32.2. The Labute approximate surface area is 119 Å². The van der Waals surface area contributed by atoms with E-state index in [4.69, 9.17) is 5.14 Å². The molecule has 2 rings (SSSR count). The van der Waals surface area contributed by atoms with Gasteiger partial charge in [-0.1, -0.05) is 18.6 Å². The van der Waals surface area contributed by atoms with Crippen molar-refractivity contribution in [1.29, 1.82) is 0 Å². The molecule has 5 nitrogen and oxygen atoms in total. The van der Waals surface area contributed by atoms with Gasteiger partial charge in [0.1, 0.15) is 0 Å². The molecule has 1 fully saturated rings. The first-order valence-corrected chi connectivity index (χ1v) is 8.33. The van der Waals surface area contributed by atoms with Crippen molar-refractivity contribution in [1.82, 2.24) is 5.32 Å². The van der Waals surface area contributed by atoms with Crippen molar-refractivity contribution in [2.75, 3.05) is 0 Å². The predicted molar refractivity (Wildman–Crippen MR) is 76.3 cm³/mol. The molecule has 1 atom stereocenters. The van der Waals surface area contributed by atoms with Crippen molar-refractivity contribution < 1.29 is 13.2 Å². The standard InChI is InChI=1S/C14H20N2O3S/c1-10(16-14(17)9-11-3-2-4-11)12-5-7-13(8-6-12)20(15,18)19/h5-8,10-11H,2-4,9H2,1H3,(H,16,17)(H2,15,18,19). The quantitative estimate of drug-likeness (QED) is 0.866. The molecule has 1 aromatic carbocycles. The van der Waals surface area contributed by atoms with Gasteiger partial charge in [0.15, 0.2) is 0 Å². The largest absolute Gasteiger partial charge is 0.350 e. The van der Waals surface area contributed by atoms with E-state index in [9.17, 15) is 13.2 Å². The number of nitrogens with two attached hydrogens (primary N) is 1. The Kier molecular flexibility index (Phi) is 4.45. The van der Waals surface area contributed by atoms with Crippen LogP contribution in [0.25, 0.3) is 0 Å². The van der Waals surface area contributed by atoms with Crippen molar-refractivity contribution in [3.63, 3.8) is 0 Å². The van der Waals surface area contributed by atoms with E-state index < -0.39 is 10.0 Å². The highest BCUT2D eigenvalue weighted by Crippen LogP contribution is 2.29. The summed E-state index contributed by atoms with van der Waals surface area (Å²) in [4.78, 5) is 11.9. The normalized spacial score (nSPS) is 17.3. The summed E-state index contributed by atoms with van der Waals surface area (Å²) < 4.78 is 22.3. The molecule has 0 spiro atoms. The van der Waals surface area contributed by atoms with Gasteiger partial charge in [0.2, 0.25) is 15.9 Å². The van der Waals surface area contributed by atoms with Crippen LogP contribution in [0.4, 0.5) is 0 Å². The highest BCUT2D eigenvalue weighted by Gasteiger charge is 2.21. The predicted octanol–water partition coefficient (Wildman–Crippen LogP) is 1.70. The second-order valence-corrected chi connectivity index (χ2v) is 6.97. The van der Waals surface area contributed by atoms with Gasteiger partial charge in [0, 0.05) is 6.42 Å². The van der Waals surface area contributed by atoms with Crippen molar-refractivity contribution in [3.05, 3.63) is 29.8 Å². The second kappa shape index (κ2) is 5.93. The number of benzene rings is 1. The van der Waals surface area contributed by atoms with Crippen molar-refractivity contribution in [2.24, 2.45) is 11.1 Å². The average molecular weight is 296 g/mol. The van der Waals surface area contributed by atoms with Crippen LogP contribution in [0.2, 0.25) is 0 Å². The van der Waals surface area contributed by atoms with Gasteiger partial charge < -0.3 is 5.32 Å². The maximum absolute atomic E-state index is 11.8. The SMILES string of the molecule is CC(NC(=O)CC1CCC1)c1ccc(S(N)(=O)=O)cc1. The first-order valence-electron chi connectivity index (χ1n) is 6.78. The lowest BCUT2D eigenvalue weighted by Crippen LogP contribution is -2.30. The van der Waals surface area contributed by atoms with Gasteiger partial charge in [0.25, 0.3) is 0 Å². The van der Waals surface area contributed by atoms with E-state index in [2.05, 4.69) is 5.32 Å². The summed E-state index contributed by atoms with van der Waals surface area (Å²) in [5, 5.41) is 7.98. The molecule has 1 amide bonds. The fourth-order valence-corrected chi connectivity index (χ4v) is 2.80. The zero-order valence-electron chi connectivity index (χ0n) is 11.5. The maximum atomic E-state index is 11.8. The van der Waals surface area contributed by atoms with Crippen molar-refractivity contribution in [2.45, 2.75) is 43.5 Å². The van der Waals surface area contributed by atoms with E-state index in [-0.39, 0.29) is 16.8 Å². The van der Waals surface area contributed by atoms with E-state index in [0.717, 1.165) is 18.4 Å². The second-order valence-electron chi connectivity index (χ2n) is 5.40.